The third-order valence-electron chi connectivity index (χ3n) is 3.30. The van der Waals surface area contributed by atoms with Crippen molar-refractivity contribution >= 4 is 5.91 Å². The summed E-state index contributed by atoms with van der Waals surface area (Å²) in [5, 5.41) is 11.1. The highest BCUT2D eigenvalue weighted by atomic mass is 16.5. The van der Waals surface area contributed by atoms with Gasteiger partial charge in [0.1, 0.15) is 12.2 Å². The highest BCUT2D eigenvalue weighted by Crippen LogP contribution is 2.02. The molecule has 1 N–H and O–H groups in total. The summed E-state index contributed by atoms with van der Waals surface area (Å²) in [7, 11) is 0. The average Bonchev–Trinajstić information content (AvgIpc) is 2.92. The summed E-state index contributed by atoms with van der Waals surface area (Å²) in [6.07, 6.45) is 1.70. The topological polar surface area (TPSA) is 72.3 Å². The Kier molecular flexibility index (Phi) is 4.86. The van der Waals surface area contributed by atoms with Gasteiger partial charge in [-0.25, -0.2) is 0 Å². The maximum Gasteiger partial charge on any atom is 0.239 e. The molecular weight excluding hydrogens is 246 g/mol. The van der Waals surface area contributed by atoms with Crippen LogP contribution in [0.3, 0.4) is 0 Å². The number of ether oxygens (including phenoxy) is 1. The van der Waals surface area contributed by atoms with Gasteiger partial charge in [0.15, 0.2) is 0 Å². The molecule has 19 heavy (non-hydrogen) atoms. The van der Waals surface area contributed by atoms with Gasteiger partial charge in [-0.05, 0) is 13.8 Å². The minimum absolute atomic E-state index is 0.117. The Labute approximate surface area is 112 Å². The first kappa shape index (κ1) is 14.0. The summed E-state index contributed by atoms with van der Waals surface area (Å²) in [4.78, 5) is 14.0. The molecule has 0 aliphatic carbocycles. The molecule has 1 aliphatic rings. The predicted octanol–water partition coefficient (Wildman–Crippen LogP) is -0.365. The van der Waals surface area contributed by atoms with Crippen LogP contribution in [0.15, 0.2) is 6.33 Å². The quantitative estimate of drug-likeness (QED) is 0.788. The molecule has 7 heteroatoms. The summed E-state index contributed by atoms with van der Waals surface area (Å²) in [5.41, 5.74) is 0. The van der Waals surface area contributed by atoms with E-state index in [1.54, 1.807) is 6.33 Å². The molecule has 2 heterocycles. The van der Waals surface area contributed by atoms with E-state index in [4.69, 9.17) is 4.74 Å². The molecule has 1 unspecified atom stereocenters. The molecular formula is C12H21N5O2. The minimum atomic E-state index is -0.222. The molecule has 2 rings (SSSR count). The molecule has 0 spiro atoms. The molecule has 1 saturated heterocycles. The summed E-state index contributed by atoms with van der Waals surface area (Å²) < 4.78 is 7.20. The number of aromatic nitrogens is 3. The van der Waals surface area contributed by atoms with Gasteiger partial charge in [-0.1, -0.05) is 0 Å². The number of nitrogens with zero attached hydrogens (tertiary/aromatic N) is 4. The number of hydrogen-bond donors (Lipinski definition) is 1. The molecule has 7 nitrogen and oxygen atoms in total. The van der Waals surface area contributed by atoms with Crippen LogP contribution in [0.1, 0.15) is 19.7 Å². The molecule has 0 radical (unpaired) electrons. The van der Waals surface area contributed by atoms with Crippen molar-refractivity contribution in [3.8, 4) is 0 Å². The molecule has 1 fully saturated rings. The van der Waals surface area contributed by atoms with Crippen molar-refractivity contribution in [1.82, 2.24) is 25.0 Å². The van der Waals surface area contributed by atoms with Gasteiger partial charge in [-0.2, -0.15) is 0 Å². The number of hydrogen-bond acceptors (Lipinski definition) is 5. The molecule has 0 aromatic carbocycles. The second-order valence-corrected chi connectivity index (χ2v) is 4.57. The number of carbonyl (C=O) groups excluding carboxylic acids is 1. The van der Waals surface area contributed by atoms with Crippen molar-refractivity contribution in [2.75, 3.05) is 26.3 Å². The van der Waals surface area contributed by atoms with E-state index in [-0.39, 0.29) is 11.9 Å². The van der Waals surface area contributed by atoms with Crippen LogP contribution in [0.25, 0.3) is 0 Å². The second kappa shape index (κ2) is 6.63. The number of carbonyl (C=O) groups is 1. The van der Waals surface area contributed by atoms with Gasteiger partial charge in [0.05, 0.1) is 25.8 Å². The van der Waals surface area contributed by atoms with E-state index in [0.717, 1.165) is 12.4 Å². The van der Waals surface area contributed by atoms with Gasteiger partial charge in [-0.3, -0.25) is 10.1 Å². The molecule has 0 saturated carbocycles. The Bertz CT molecular complexity index is 414. The van der Waals surface area contributed by atoms with E-state index in [1.165, 1.54) is 0 Å². The predicted molar refractivity (Wildman–Crippen MR) is 69.4 cm³/mol. The van der Waals surface area contributed by atoms with Crippen LogP contribution in [0.2, 0.25) is 0 Å². The summed E-state index contributed by atoms with van der Waals surface area (Å²) in [6.45, 7) is 7.90. The van der Waals surface area contributed by atoms with E-state index in [9.17, 15) is 4.79 Å². The van der Waals surface area contributed by atoms with Crippen LogP contribution in [-0.2, 0) is 22.6 Å². The van der Waals surface area contributed by atoms with Gasteiger partial charge in [0.2, 0.25) is 5.91 Å². The molecule has 0 bridgehead atoms. The molecule has 1 atom stereocenters. The number of rotatable bonds is 5. The van der Waals surface area contributed by atoms with Crippen molar-refractivity contribution in [3.63, 3.8) is 0 Å². The monoisotopic (exact) mass is 267 g/mol. The summed E-state index contributed by atoms with van der Waals surface area (Å²) >= 11 is 0. The molecule has 1 aromatic rings. The van der Waals surface area contributed by atoms with Gasteiger partial charge in [0.25, 0.3) is 0 Å². The van der Waals surface area contributed by atoms with Gasteiger partial charge >= 0.3 is 0 Å². The average molecular weight is 267 g/mol. The van der Waals surface area contributed by atoms with Crippen molar-refractivity contribution in [1.29, 1.82) is 0 Å². The molecule has 1 aliphatic heterocycles. The first-order valence-corrected chi connectivity index (χ1v) is 6.69. The number of nitrogens with one attached hydrogen (secondary N) is 1. The SMILES string of the molecule is CCn1cnnc1CNC(C)C(=O)N1CCOCC1. The Morgan fingerprint density at radius 3 is 2.95 bits per heavy atom. The molecule has 106 valence electrons. The van der Waals surface area contributed by atoms with Gasteiger partial charge in [0, 0.05) is 19.6 Å². The second-order valence-electron chi connectivity index (χ2n) is 4.57. The fraction of sp³-hybridized carbons (Fsp3) is 0.750. The fourth-order valence-electron chi connectivity index (χ4n) is 2.07. The lowest BCUT2D eigenvalue weighted by Crippen LogP contribution is -2.49. The van der Waals surface area contributed by atoms with Crippen molar-refractivity contribution < 1.29 is 9.53 Å². The summed E-state index contributed by atoms with van der Waals surface area (Å²) in [6, 6.07) is -0.222. The van der Waals surface area contributed by atoms with Crippen molar-refractivity contribution in [2.24, 2.45) is 0 Å². The Morgan fingerprint density at radius 2 is 2.26 bits per heavy atom. The van der Waals surface area contributed by atoms with E-state index < -0.39 is 0 Å². The largest absolute Gasteiger partial charge is 0.378 e. The maximum atomic E-state index is 12.2. The van der Waals surface area contributed by atoms with Crippen LogP contribution < -0.4 is 5.32 Å². The fourth-order valence-corrected chi connectivity index (χ4v) is 2.07. The first-order chi connectivity index (χ1) is 9.22. The van der Waals surface area contributed by atoms with Crippen LogP contribution in [0.4, 0.5) is 0 Å². The highest BCUT2D eigenvalue weighted by Gasteiger charge is 2.22. The summed E-state index contributed by atoms with van der Waals surface area (Å²) in [5.74, 6) is 0.968. The molecule has 1 aromatic heterocycles. The number of aryl methyl sites for hydroxylation is 1. The number of amides is 1. The lowest BCUT2D eigenvalue weighted by Gasteiger charge is -2.29. The smallest absolute Gasteiger partial charge is 0.239 e. The van der Waals surface area contributed by atoms with Crippen LogP contribution in [0, 0.1) is 0 Å². The Hall–Kier alpha value is -1.47. The molecule has 1 amide bonds. The van der Waals surface area contributed by atoms with Crippen LogP contribution in [-0.4, -0.2) is 57.9 Å². The normalized spacial score (nSPS) is 17.5. The lowest BCUT2D eigenvalue weighted by molar-refractivity contribution is -0.137. The zero-order valence-corrected chi connectivity index (χ0v) is 11.5. The lowest BCUT2D eigenvalue weighted by atomic mass is 10.2. The van der Waals surface area contributed by atoms with E-state index in [1.807, 2.05) is 23.3 Å². The minimum Gasteiger partial charge on any atom is -0.378 e. The standard InChI is InChI=1S/C12H21N5O2/c1-3-16-9-14-15-11(16)8-13-10(2)12(18)17-4-6-19-7-5-17/h9-10,13H,3-8H2,1-2H3. The van der Waals surface area contributed by atoms with Gasteiger partial charge < -0.3 is 14.2 Å². The first-order valence-electron chi connectivity index (χ1n) is 6.69. The van der Waals surface area contributed by atoms with Crippen LogP contribution in [0.5, 0.6) is 0 Å². The van der Waals surface area contributed by atoms with E-state index in [2.05, 4.69) is 15.5 Å². The third-order valence-corrected chi connectivity index (χ3v) is 3.30. The van der Waals surface area contributed by atoms with Crippen molar-refractivity contribution in [2.45, 2.75) is 33.0 Å². The number of morpholine rings is 1. The van der Waals surface area contributed by atoms with Crippen molar-refractivity contribution in [3.05, 3.63) is 12.2 Å². The van der Waals surface area contributed by atoms with E-state index in [0.29, 0.717) is 32.8 Å². The van der Waals surface area contributed by atoms with Crippen LogP contribution >= 0.6 is 0 Å². The Balaban J connectivity index is 1.83. The maximum absolute atomic E-state index is 12.2. The third kappa shape index (κ3) is 3.51. The van der Waals surface area contributed by atoms with E-state index >= 15 is 0 Å². The zero-order valence-electron chi connectivity index (χ0n) is 11.5. The highest BCUT2D eigenvalue weighted by molar-refractivity contribution is 5.81. The Morgan fingerprint density at radius 1 is 1.53 bits per heavy atom. The zero-order chi connectivity index (χ0) is 13.7. The van der Waals surface area contributed by atoms with Gasteiger partial charge in [-0.15, -0.1) is 10.2 Å².